The molecule has 1 unspecified atom stereocenters. The van der Waals surface area contributed by atoms with Gasteiger partial charge in [0.05, 0.1) is 11.6 Å². The fourth-order valence-corrected chi connectivity index (χ4v) is 6.99. The second kappa shape index (κ2) is 7.13. The van der Waals surface area contributed by atoms with Crippen LogP contribution in [-0.2, 0) is 9.59 Å². The molecule has 0 spiro atoms. The Hall–Kier alpha value is -2.74. The molecule has 5 saturated carbocycles. The summed E-state index contributed by atoms with van der Waals surface area (Å²) in [5, 5.41) is 15.7. The molecule has 5 aliphatic rings. The van der Waals surface area contributed by atoms with Crippen molar-refractivity contribution in [2.45, 2.75) is 56.2 Å². The Bertz CT molecular complexity index is 1120. The Morgan fingerprint density at radius 2 is 1.88 bits per heavy atom. The molecule has 5 atom stereocenters. The standard InChI is InChI=1S/C25H28FN3O4/c1-13(23(32)29-25-10-24(11-25,12-25)28-21(31)9-30)22-16-7-15(8-17(16)22)33-20-4-5-27-19-3-2-14(26)6-18(19)20/h2-6,13,15-17,22,30H,7-12H2,1H3,(H,28,31)(H,29,32)/t13?,15-,16-,17+,22+,24?,25?. The van der Waals surface area contributed by atoms with Gasteiger partial charge in [-0.25, -0.2) is 4.39 Å². The zero-order chi connectivity index (χ0) is 23.0. The van der Waals surface area contributed by atoms with E-state index in [1.807, 2.05) is 6.92 Å². The second-order valence-corrected chi connectivity index (χ2v) is 10.7. The van der Waals surface area contributed by atoms with Crippen LogP contribution in [0, 0.1) is 29.5 Å². The van der Waals surface area contributed by atoms with Crippen LogP contribution in [-0.4, -0.2) is 45.7 Å². The Balaban J connectivity index is 1.01. The maximum Gasteiger partial charge on any atom is 0.246 e. The van der Waals surface area contributed by atoms with E-state index in [9.17, 15) is 14.0 Å². The number of nitrogens with one attached hydrogen (secondary N) is 2. The van der Waals surface area contributed by atoms with Gasteiger partial charge in [-0.2, -0.15) is 0 Å². The summed E-state index contributed by atoms with van der Waals surface area (Å²) in [6, 6.07) is 6.32. The van der Waals surface area contributed by atoms with Gasteiger partial charge >= 0.3 is 0 Å². The zero-order valence-corrected chi connectivity index (χ0v) is 18.5. The van der Waals surface area contributed by atoms with Crippen LogP contribution in [0.15, 0.2) is 30.5 Å². The zero-order valence-electron chi connectivity index (χ0n) is 18.5. The normalized spacial score (nSPS) is 36.2. The number of benzene rings is 1. The third-order valence-corrected chi connectivity index (χ3v) is 8.38. The van der Waals surface area contributed by atoms with Crippen molar-refractivity contribution in [1.82, 2.24) is 15.6 Å². The average molecular weight is 454 g/mol. The number of ether oxygens (including phenoxy) is 1. The summed E-state index contributed by atoms with van der Waals surface area (Å²) in [7, 11) is 0. The molecule has 2 bridgehead atoms. The van der Waals surface area contributed by atoms with Gasteiger partial charge in [0, 0.05) is 28.6 Å². The lowest BCUT2D eigenvalue weighted by Gasteiger charge is -2.70. The molecule has 0 aliphatic heterocycles. The lowest BCUT2D eigenvalue weighted by atomic mass is 9.44. The Labute approximate surface area is 191 Å². The summed E-state index contributed by atoms with van der Waals surface area (Å²) in [6.07, 6.45) is 5.83. The number of amides is 2. The molecule has 0 saturated heterocycles. The molecule has 1 aromatic carbocycles. The van der Waals surface area contributed by atoms with E-state index in [2.05, 4.69) is 15.6 Å². The number of aliphatic hydroxyl groups excluding tert-OH is 1. The Morgan fingerprint density at radius 3 is 2.58 bits per heavy atom. The number of carbonyl (C=O) groups excluding carboxylic acids is 2. The smallest absolute Gasteiger partial charge is 0.246 e. The quantitative estimate of drug-likeness (QED) is 0.597. The molecule has 1 aromatic heterocycles. The molecule has 0 radical (unpaired) electrons. The van der Waals surface area contributed by atoms with Crippen LogP contribution in [0.25, 0.3) is 10.9 Å². The van der Waals surface area contributed by atoms with Crippen LogP contribution in [0.5, 0.6) is 5.75 Å². The molecule has 1 heterocycles. The van der Waals surface area contributed by atoms with Crippen LogP contribution < -0.4 is 15.4 Å². The summed E-state index contributed by atoms with van der Waals surface area (Å²) in [5.74, 6) is 1.42. The highest BCUT2D eigenvalue weighted by atomic mass is 19.1. The molecule has 7 nitrogen and oxygen atoms in total. The summed E-state index contributed by atoms with van der Waals surface area (Å²) in [4.78, 5) is 28.6. The van der Waals surface area contributed by atoms with Crippen LogP contribution in [0.2, 0.25) is 0 Å². The topological polar surface area (TPSA) is 101 Å². The van der Waals surface area contributed by atoms with Crippen molar-refractivity contribution in [1.29, 1.82) is 0 Å². The minimum atomic E-state index is -0.498. The van der Waals surface area contributed by atoms with E-state index in [4.69, 9.17) is 9.84 Å². The number of aromatic nitrogens is 1. The molecule has 7 rings (SSSR count). The number of carbonyl (C=O) groups is 2. The highest BCUT2D eigenvalue weighted by Crippen LogP contribution is 2.63. The SMILES string of the molecule is CC(C(=O)NC12CC(NC(=O)CO)(C1)C2)[C@H]1[C@@H]2C[C@@H](Oc3ccnc4ccc(F)cc34)C[C@@H]21. The molecular weight excluding hydrogens is 425 g/mol. The predicted octanol–water partition coefficient (Wildman–Crippen LogP) is 2.31. The Kier molecular flexibility index (Phi) is 4.50. The third kappa shape index (κ3) is 3.38. The van der Waals surface area contributed by atoms with Crippen molar-refractivity contribution >= 4 is 22.7 Å². The third-order valence-electron chi connectivity index (χ3n) is 8.38. The van der Waals surface area contributed by atoms with E-state index < -0.39 is 6.61 Å². The first kappa shape index (κ1) is 20.8. The first-order chi connectivity index (χ1) is 15.8. The largest absolute Gasteiger partial charge is 0.490 e. The summed E-state index contributed by atoms with van der Waals surface area (Å²) < 4.78 is 19.9. The number of hydrogen-bond donors (Lipinski definition) is 3. The van der Waals surface area contributed by atoms with Gasteiger partial charge in [-0.3, -0.25) is 14.6 Å². The number of pyridine rings is 1. The maximum atomic E-state index is 13.7. The van der Waals surface area contributed by atoms with Crippen molar-refractivity contribution < 1.29 is 23.8 Å². The van der Waals surface area contributed by atoms with Gasteiger partial charge in [-0.05, 0) is 74.1 Å². The minimum Gasteiger partial charge on any atom is -0.490 e. The van der Waals surface area contributed by atoms with Gasteiger partial charge in [0.15, 0.2) is 0 Å². The maximum absolute atomic E-state index is 13.7. The molecule has 2 aromatic rings. The van der Waals surface area contributed by atoms with E-state index >= 15 is 0 Å². The molecule has 174 valence electrons. The second-order valence-electron chi connectivity index (χ2n) is 10.7. The average Bonchev–Trinajstić information content (AvgIpc) is 3.25. The molecule has 8 heteroatoms. The lowest BCUT2D eigenvalue weighted by Crippen LogP contribution is -2.84. The van der Waals surface area contributed by atoms with Gasteiger partial charge in [0.2, 0.25) is 11.8 Å². The van der Waals surface area contributed by atoms with Gasteiger partial charge in [0.1, 0.15) is 18.2 Å². The van der Waals surface area contributed by atoms with E-state index in [0.29, 0.717) is 34.4 Å². The molecule has 3 N–H and O–H groups in total. The van der Waals surface area contributed by atoms with Crippen LogP contribution >= 0.6 is 0 Å². The minimum absolute atomic E-state index is 0.0474. The highest BCUT2D eigenvalue weighted by molar-refractivity contribution is 5.85. The van der Waals surface area contributed by atoms with Gasteiger partial charge in [0.25, 0.3) is 0 Å². The molecule has 33 heavy (non-hydrogen) atoms. The van der Waals surface area contributed by atoms with E-state index in [1.54, 1.807) is 18.3 Å². The van der Waals surface area contributed by atoms with Crippen molar-refractivity contribution in [3.05, 3.63) is 36.3 Å². The van der Waals surface area contributed by atoms with Crippen molar-refractivity contribution in [2.75, 3.05) is 6.61 Å². The molecule has 5 fully saturated rings. The number of halogens is 1. The number of rotatable bonds is 7. The van der Waals surface area contributed by atoms with Crippen LogP contribution in [0.1, 0.15) is 39.0 Å². The van der Waals surface area contributed by atoms with Gasteiger partial charge in [-0.15, -0.1) is 0 Å². The predicted molar refractivity (Wildman–Crippen MR) is 118 cm³/mol. The van der Waals surface area contributed by atoms with E-state index in [1.165, 1.54) is 12.1 Å². The van der Waals surface area contributed by atoms with Crippen molar-refractivity contribution in [3.8, 4) is 5.75 Å². The molecular formula is C25H28FN3O4. The van der Waals surface area contributed by atoms with Crippen LogP contribution in [0.3, 0.4) is 0 Å². The first-order valence-electron chi connectivity index (χ1n) is 11.8. The van der Waals surface area contributed by atoms with Gasteiger partial charge in [-0.1, -0.05) is 6.92 Å². The Morgan fingerprint density at radius 1 is 1.18 bits per heavy atom. The number of nitrogens with zero attached hydrogens (tertiary/aromatic N) is 1. The number of fused-ring (bicyclic) bond motifs is 2. The highest BCUT2D eigenvalue weighted by Gasteiger charge is 2.70. The van der Waals surface area contributed by atoms with Crippen LogP contribution in [0.4, 0.5) is 4.39 Å². The molecule has 5 aliphatic carbocycles. The van der Waals surface area contributed by atoms with E-state index in [0.717, 1.165) is 32.1 Å². The fraction of sp³-hybridized carbons (Fsp3) is 0.560. The summed E-state index contributed by atoms with van der Waals surface area (Å²) in [6.45, 7) is 1.52. The van der Waals surface area contributed by atoms with Crippen molar-refractivity contribution in [3.63, 3.8) is 0 Å². The molecule has 2 amide bonds. The summed E-state index contributed by atoms with van der Waals surface area (Å²) >= 11 is 0. The fourth-order valence-electron chi connectivity index (χ4n) is 6.99. The monoisotopic (exact) mass is 453 g/mol. The van der Waals surface area contributed by atoms with Crippen molar-refractivity contribution in [2.24, 2.45) is 23.7 Å². The summed E-state index contributed by atoms with van der Waals surface area (Å²) in [5.41, 5.74) is 0.310. The number of hydrogen-bond acceptors (Lipinski definition) is 5. The number of aliphatic hydroxyl groups is 1. The van der Waals surface area contributed by atoms with E-state index in [-0.39, 0.29) is 40.7 Å². The first-order valence-corrected chi connectivity index (χ1v) is 11.8. The lowest BCUT2D eigenvalue weighted by molar-refractivity contribution is -0.153. The van der Waals surface area contributed by atoms with Gasteiger partial charge < -0.3 is 20.5 Å².